The van der Waals surface area contributed by atoms with Gasteiger partial charge in [0.2, 0.25) is 5.91 Å². The summed E-state index contributed by atoms with van der Waals surface area (Å²) in [5.74, 6) is 0.0811. The Labute approximate surface area is 200 Å². The van der Waals surface area contributed by atoms with Crippen LogP contribution in [-0.4, -0.2) is 65.1 Å². The van der Waals surface area contributed by atoms with E-state index in [1.54, 1.807) is 36.6 Å². The number of pyridine rings is 1. The molecule has 0 aliphatic carbocycles. The molecule has 2 N–H and O–H groups in total. The summed E-state index contributed by atoms with van der Waals surface area (Å²) in [5.41, 5.74) is 3.63. The average molecular weight is 497 g/mol. The third-order valence-electron chi connectivity index (χ3n) is 5.45. The van der Waals surface area contributed by atoms with E-state index < -0.39 is 18.8 Å². The highest BCUT2D eigenvalue weighted by molar-refractivity contribution is 5.90. The lowest BCUT2D eigenvalue weighted by Crippen LogP contribution is -2.48. The van der Waals surface area contributed by atoms with E-state index in [0.717, 1.165) is 35.7 Å². The molecule has 1 aliphatic rings. The van der Waals surface area contributed by atoms with Gasteiger partial charge in [0.25, 0.3) is 0 Å². The fraction of sp³-hybridized carbons (Fsp3) is 0.318. The second kappa shape index (κ2) is 10.2. The van der Waals surface area contributed by atoms with Crippen molar-refractivity contribution in [1.82, 2.24) is 19.6 Å². The molecule has 0 atom stereocenters. The number of halogens is 4. The third-order valence-corrected chi connectivity index (χ3v) is 5.45. The smallest absolute Gasteiger partial charge is 0.368 e. The quantitative estimate of drug-likeness (QED) is 0.576. The van der Waals surface area contributed by atoms with Crippen molar-refractivity contribution in [2.75, 3.05) is 42.9 Å². The highest BCUT2D eigenvalue weighted by atomic mass is 35.5. The van der Waals surface area contributed by atoms with Crippen LogP contribution in [0.1, 0.15) is 6.92 Å². The molecule has 0 radical (unpaired) electrons. The second-order valence-electron chi connectivity index (χ2n) is 7.75. The van der Waals surface area contributed by atoms with Crippen LogP contribution >= 0.6 is 12.4 Å². The number of anilines is 2. The van der Waals surface area contributed by atoms with E-state index in [-0.39, 0.29) is 18.3 Å². The van der Waals surface area contributed by atoms with Crippen LogP contribution in [0.4, 0.5) is 29.3 Å². The summed E-state index contributed by atoms with van der Waals surface area (Å²) in [6, 6.07) is 9.82. The minimum Gasteiger partial charge on any atom is -0.368 e. The molecule has 3 amide bonds. The van der Waals surface area contributed by atoms with E-state index in [1.807, 2.05) is 33.7 Å². The molecule has 0 unspecified atom stereocenters. The minimum atomic E-state index is -4.48. The zero-order chi connectivity index (χ0) is 23.6. The normalized spacial score (nSPS) is 14.0. The lowest BCUT2D eigenvalue weighted by Gasteiger charge is -2.35. The Morgan fingerprint density at radius 1 is 1.09 bits per heavy atom. The average Bonchev–Trinajstić information content (AvgIpc) is 3.21. The number of nitrogens with one attached hydrogen (secondary N) is 2. The molecular formula is C22H24ClF3N6O2. The van der Waals surface area contributed by atoms with Gasteiger partial charge in [-0.3, -0.25) is 9.20 Å². The van der Waals surface area contributed by atoms with Crippen molar-refractivity contribution in [2.24, 2.45) is 0 Å². The Morgan fingerprint density at radius 3 is 2.50 bits per heavy atom. The van der Waals surface area contributed by atoms with Gasteiger partial charge >= 0.3 is 12.2 Å². The van der Waals surface area contributed by atoms with Crippen LogP contribution in [-0.2, 0) is 4.79 Å². The predicted octanol–water partition coefficient (Wildman–Crippen LogP) is 3.78. The van der Waals surface area contributed by atoms with Crippen molar-refractivity contribution in [3.05, 3.63) is 48.8 Å². The molecule has 34 heavy (non-hydrogen) atoms. The Hall–Kier alpha value is -3.47. The first-order chi connectivity index (χ1) is 15.7. The van der Waals surface area contributed by atoms with Crippen molar-refractivity contribution in [1.29, 1.82) is 0 Å². The van der Waals surface area contributed by atoms with Crippen LogP contribution in [0.2, 0.25) is 0 Å². The van der Waals surface area contributed by atoms with Crippen LogP contribution in [0.25, 0.3) is 16.9 Å². The van der Waals surface area contributed by atoms with Gasteiger partial charge in [-0.15, -0.1) is 12.4 Å². The van der Waals surface area contributed by atoms with Crippen LogP contribution in [0.15, 0.2) is 48.8 Å². The number of imidazole rings is 1. The van der Waals surface area contributed by atoms with Gasteiger partial charge in [0.05, 0.1) is 11.9 Å². The first-order valence-electron chi connectivity index (χ1n) is 10.4. The summed E-state index contributed by atoms with van der Waals surface area (Å²) in [7, 11) is 0. The fourth-order valence-corrected chi connectivity index (χ4v) is 3.77. The van der Waals surface area contributed by atoms with E-state index in [4.69, 9.17) is 0 Å². The summed E-state index contributed by atoms with van der Waals surface area (Å²) in [6.45, 7) is 3.01. The van der Waals surface area contributed by atoms with Gasteiger partial charge in [0.1, 0.15) is 12.2 Å². The number of carbonyl (C=O) groups excluding carboxylic acids is 2. The largest absolute Gasteiger partial charge is 0.405 e. The summed E-state index contributed by atoms with van der Waals surface area (Å²) >= 11 is 0. The third kappa shape index (κ3) is 5.90. The van der Waals surface area contributed by atoms with Crippen LogP contribution in [0.5, 0.6) is 0 Å². The molecule has 182 valence electrons. The number of carbonyl (C=O) groups is 2. The van der Waals surface area contributed by atoms with Crippen LogP contribution in [0.3, 0.4) is 0 Å². The Balaban J connectivity index is 0.00000324. The van der Waals surface area contributed by atoms with E-state index in [2.05, 4.69) is 15.2 Å². The van der Waals surface area contributed by atoms with Crippen LogP contribution in [0, 0.1) is 0 Å². The molecule has 2 aromatic heterocycles. The number of nitrogens with zero attached hydrogens (tertiary/aromatic N) is 4. The highest BCUT2D eigenvalue weighted by Crippen LogP contribution is 2.26. The molecule has 0 saturated carbocycles. The standard InChI is InChI=1S/C22H23F3N6O2.ClH/c1-15(32)29-7-9-30(10-8-29)18-5-6-31-19(13-26-20(31)12-18)16-3-2-4-17(11-16)28-21(33)27-14-22(23,24)25;/h2-6,11-13H,7-10,14H2,1H3,(H2,27,28,33);1H. The monoisotopic (exact) mass is 496 g/mol. The molecule has 0 spiro atoms. The molecule has 8 nitrogen and oxygen atoms in total. The minimum absolute atomic E-state index is 0. The number of hydrogen-bond acceptors (Lipinski definition) is 4. The number of amides is 3. The Bertz CT molecular complexity index is 1170. The van der Waals surface area contributed by atoms with Crippen molar-refractivity contribution in [3.63, 3.8) is 0 Å². The number of alkyl halides is 3. The summed E-state index contributed by atoms with van der Waals surface area (Å²) < 4.78 is 38.7. The number of urea groups is 1. The zero-order valence-electron chi connectivity index (χ0n) is 18.3. The zero-order valence-corrected chi connectivity index (χ0v) is 19.1. The number of aromatic nitrogens is 2. The molecule has 3 heterocycles. The fourth-order valence-electron chi connectivity index (χ4n) is 3.77. The van der Waals surface area contributed by atoms with Gasteiger partial charge in [-0.25, -0.2) is 9.78 Å². The van der Waals surface area contributed by atoms with Gasteiger partial charge in [0.15, 0.2) is 0 Å². The van der Waals surface area contributed by atoms with Gasteiger partial charge < -0.3 is 20.4 Å². The number of rotatable bonds is 4. The molecule has 1 aromatic carbocycles. The maximum Gasteiger partial charge on any atom is 0.405 e. The Kier molecular flexibility index (Phi) is 7.55. The molecular weight excluding hydrogens is 473 g/mol. The Morgan fingerprint density at radius 2 is 1.82 bits per heavy atom. The summed E-state index contributed by atoms with van der Waals surface area (Å²) in [6.07, 6.45) is -0.869. The molecule has 1 fully saturated rings. The first kappa shape index (κ1) is 25.2. The molecule has 12 heteroatoms. The lowest BCUT2D eigenvalue weighted by atomic mass is 10.1. The first-order valence-corrected chi connectivity index (χ1v) is 10.4. The summed E-state index contributed by atoms with van der Waals surface area (Å²) in [5, 5.41) is 4.20. The predicted molar refractivity (Wildman–Crippen MR) is 125 cm³/mol. The van der Waals surface area contributed by atoms with Crippen molar-refractivity contribution in [3.8, 4) is 11.3 Å². The van der Waals surface area contributed by atoms with E-state index in [1.165, 1.54) is 0 Å². The molecule has 1 aliphatic heterocycles. The number of benzene rings is 1. The van der Waals surface area contributed by atoms with Gasteiger partial charge in [-0.2, -0.15) is 13.2 Å². The lowest BCUT2D eigenvalue weighted by molar-refractivity contribution is -0.129. The van der Waals surface area contributed by atoms with Crippen molar-refractivity contribution in [2.45, 2.75) is 13.1 Å². The molecule has 0 bridgehead atoms. The van der Waals surface area contributed by atoms with Gasteiger partial charge in [0, 0.05) is 62.3 Å². The van der Waals surface area contributed by atoms with E-state index >= 15 is 0 Å². The second-order valence-corrected chi connectivity index (χ2v) is 7.75. The van der Waals surface area contributed by atoms with Crippen molar-refractivity contribution < 1.29 is 22.8 Å². The SMILES string of the molecule is CC(=O)N1CCN(c2ccn3c(-c4cccc(NC(=O)NCC(F)(F)F)c4)cnc3c2)CC1.Cl. The van der Waals surface area contributed by atoms with Gasteiger partial charge in [-0.05, 0) is 18.2 Å². The van der Waals surface area contributed by atoms with E-state index in [9.17, 15) is 22.8 Å². The molecule has 3 aromatic rings. The topological polar surface area (TPSA) is 82.0 Å². The van der Waals surface area contributed by atoms with Crippen LogP contribution < -0.4 is 15.5 Å². The maximum absolute atomic E-state index is 12.3. The summed E-state index contributed by atoms with van der Waals surface area (Å²) in [4.78, 5) is 31.8. The molecule has 4 rings (SSSR count). The highest BCUT2D eigenvalue weighted by Gasteiger charge is 2.27. The number of hydrogen-bond donors (Lipinski definition) is 2. The maximum atomic E-state index is 12.3. The number of fused-ring (bicyclic) bond motifs is 1. The van der Waals surface area contributed by atoms with Crippen molar-refractivity contribution >= 4 is 41.4 Å². The van der Waals surface area contributed by atoms with E-state index in [0.29, 0.717) is 18.8 Å². The molecule has 1 saturated heterocycles. The number of piperazine rings is 1. The van der Waals surface area contributed by atoms with Gasteiger partial charge in [-0.1, -0.05) is 12.1 Å².